The third kappa shape index (κ3) is 5.95. The van der Waals surface area contributed by atoms with Crippen molar-refractivity contribution < 1.29 is 19.5 Å². The number of nitrogens with zero attached hydrogens (tertiary/aromatic N) is 2. The van der Waals surface area contributed by atoms with Gasteiger partial charge in [-0.05, 0) is 50.7 Å². The summed E-state index contributed by atoms with van der Waals surface area (Å²) < 4.78 is 6.06. The lowest BCUT2D eigenvalue weighted by atomic mass is 9.86. The number of aryl methyl sites for hydroxylation is 1. The predicted octanol–water partition coefficient (Wildman–Crippen LogP) is 3.91. The van der Waals surface area contributed by atoms with Crippen LogP contribution < -0.4 is 15.5 Å². The zero-order valence-corrected chi connectivity index (χ0v) is 21.7. The van der Waals surface area contributed by atoms with Crippen LogP contribution in [0.2, 0.25) is 0 Å². The number of carbonyl (C=O) groups excluding carboxylic acids is 2. The number of hydrogen-bond acceptors (Lipinski definition) is 7. The van der Waals surface area contributed by atoms with Gasteiger partial charge in [0, 0.05) is 18.7 Å². The SMILES string of the molecule is Cc1ncsc1-c1ccc(CNC(=O)[C@@H]2CCCN2C(=O)[C@@H](NO)C(C)(C)C)c(OC(C)C)c1. The number of ether oxygens (including phenoxy) is 1. The number of hydrogen-bond donors (Lipinski definition) is 3. The minimum Gasteiger partial charge on any atom is -0.491 e. The average Bonchev–Trinajstić information content (AvgIpc) is 3.40. The van der Waals surface area contributed by atoms with E-state index >= 15 is 0 Å². The van der Waals surface area contributed by atoms with Gasteiger partial charge in [-0.25, -0.2) is 4.98 Å². The van der Waals surface area contributed by atoms with Gasteiger partial charge in [-0.15, -0.1) is 11.3 Å². The number of carbonyl (C=O) groups is 2. The minimum atomic E-state index is -0.783. The van der Waals surface area contributed by atoms with E-state index in [4.69, 9.17) is 4.74 Å². The Morgan fingerprint density at radius 2 is 2.06 bits per heavy atom. The molecule has 0 radical (unpaired) electrons. The molecule has 0 saturated carbocycles. The van der Waals surface area contributed by atoms with Gasteiger partial charge in [-0.1, -0.05) is 32.9 Å². The Morgan fingerprint density at radius 3 is 2.65 bits per heavy atom. The molecule has 0 unspecified atom stereocenters. The van der Waals surface area contributed by atoms with Gasteiger partial charge in [0.15, 0.2) is 0 Å². The molecular formula is C25H36N4O4S. The number of thiazole rings is 1. The van der Waals surface area contributed by atoms with Crippen LogP contribution in [0.3, 0.4) is 0 Å². The average molecular weight is 489 g/mol. The van der Waals surface area contributed by atoms with E-state index in [1.165, 1.54) is 0 Å². The highest BCUT2D eigenvalue weighted by Crippen LogP contribution is 2.32. The highest BCUT2D eigenvalue weighted by atomic mass is 32.1. The minimum absolute atomic E-state index is 0.0180. The molecule has 1 aromatic carbocycles. The van der Waals surface area contributed by atoms with Gasteiger partial charge in [0.25, 0.3) is 0 Å². The molecule has 1 aliphatic heterocycles. The van der Waals surface area contributed by atoms with E-state index < -0.39 is 17.5 Å². The fraction of sp³-hybridized carbons (Fsp3) is 0.560. The van der Waals surface area contributed by atoms with Crippen LogP contribution in [-0.2, 0) is 16.1 Å². The number of benzene rings is 1. The molecule has 186 valence electrons. The summed E-state index contributed by atoms with van der Waals surface area (Å²) in [6.07, 6.45) is 1.32. The van der Waals surface area contributed by atoms with Crippen LogP contribution in [0.15, 0.2) is 23.7 Å². The lowest BCUT2D eigenvalue weighted by Crippen LogP contribution is -2.55. The van der Waals surface area contributed by atoms with Crippen LogP contribution >= 0.6 is 11.3 Å². The van der Waals surface area contributed by atoms with E-state index in [0.717, 1.165) is 33.9 Å². The molecule has 3 N–H and O–H groups in total. The zero-order valence-electron chi connectivity index (χ0n) is 20.8. The fourth-order valence-electron chi connectivity index (χ4n) is 4.17. The molecule has 0 aliphatic carbocycles. The Balaban J connectivity index is 1.74. The van der Waals surface area contributed by atoms with Gasteiger partial charge in [0.05, 0.1) is 22.2 Å². The van der Waals surface area contributed by atoms with Crippen LogP contribution in [0.25, 0.3) is 10.4 Å². The number of aromatic nitrogens is 1. The van der Waals surface area contributed by atoms with Crippen molar-refractivity contribution in [2.45, 2.75) is 79.1 Å². The molecule has 2 heterocycles. The van der Waals surface area contributed by atoms with E-state index in [1.54, 1.807) is 16.2 Å². The van der Waals surface area contributed by atoms with E-state index in [1.807, 2.05) is 65.3 Å². The maximum absolute atomic E-state index is 13.1. The third-order valence-corrected chi connectivity index (χ3v) is 6.95. The van der Waals surface area contributed by atoms with Crippen LogP contribution in [0.5, 0.6) is 5.75 Å². The first kappa shape index (κ1) is 26.1. The van der Waals surface area contributed by atoms with Gasteiger partial charge in [-0.2, -0.15) is 5.48 Å². The van der Waals surface area contributed by atoms with Crippen molar-refractivity contribution in [3.05, 3.63) is 35.0 Å². The van der Waals surface area contributed by atoms with Gasteiger partial charge in [-0.3, -0.25) is 9.59 Å². The second kappa shape index (κ2) is 10.8. The van der Waals surface area contributed by atoms with Crippen molar-refractivity contribution in [1.29, 1.82) is 0 Å². The van der Waals surface area contributed by atoms with Crippen molar-refractivity contribution in [1.82, 2.24) is 20.7 Å². The van der Waals surface area contributed by atoms with Crippen LogP contribution in [0.1, 0.15) is 58.7 Å². The molecule has 9 heteroatoms. The van der Waals surface area contributed by atoms with E-state index in [2.05, 4.69) is 15.8 Å². The largest absolute Gasteiger partial charge is 0.491 e. The van der Waals surface area contributed by atoms with Crippen molar-refractivity contribution in [3.8, 4) is 16.2 Å². The highest BCUT2D eigenvalue weighted by Gasteiger charge is 2.41. The summed E-state index contributed by atoms with van der Waals surface area (Å²) in [5.41, 5.74) is 6.35. The van der Waals surface area contributed by atoms with Crippen LogP contribution in [0.4, 0.5) is 0 Å². The van der Waals surface area contributed by atoms with E-state index in [-0.39, 0.29) is 17.9 Å². The first-order valence-electron chi connectivity index (χ1n) is 11.7. The first-order chi connectivity index (χ1) is 16.0. The molecule has 0 bridgehead atoms. The zero-order chi connectivity index (χ0) is 25.0. The van der Waals surface area contributed by atoms with Gasteiger partial charge < -0.3 is 20.2 Å². The number of amides is 2. The van der Waals surface area contributed by atoms with Crippen molar-refractivity contribution >= 4 is 23.2 Å². The third-order valence-electron chi connectivity index (χ3n) is 5.97. The Hall–Kier alpha value is -2.49. The lowest BCUT2D eigenvalue weighted by molar-refractivity contribution is -0.145. The van der Waals surface area contributed by atoms with E-state index in [0.29, 0.717) is 19.5 Å². The van der Waals surface area contributed by atoms with Gasteiger partial charge in [0.2, 0.25) is 11.8 Å². The molecule has 2 amide bonds. The first-order valence-corrected chi connectivity index (χ1v) is 12.6. The monoisotopic (exact) mass is 488 g/mol. The van der Waals surface area contributed by atoms with Gasteiger partial charge >= 0.3 is 0 Å². The van der Waals surface area contributed by atoms with Crippen LogP contribution in [-0.4, -0.2) is 51.6 Å². The Bertz CT molecular complexity index is 1010. The summed E-state index contributed by atoms with van der Waals surface area (Å²) in [6, 6.07) is 4.64. The molecule has 0 spiro atoms. The molecule has 2 aromatic rings. The number of hydroxylamine groups is 1. The summed E-state index contributed by atoms with van der Waals surface area (Å²) >= 11 is 1.58. The van der Waals surface area contributed by atoms with E-state index in [9.17, 15) is 14.8 Å². The smallest absolute Gasteiger partial charge is 0.243 e. The normalized spacial score (nSPS) is 17.2. The second-order valence-electron chi connectivity index (χ2n) is 10.1. The van der Waals surface area contributed by atoms with Crippen molar-refractivity contribution in [3.63, 3.8) is 0 Å². The molecule has 2 atom stereocenters. The quantitative estimate of drug-likeness (QED) is 0.487. The van der Waals surface area contributed by atoms with Crippen molar-refractivity contribution in [2.75, 3.05) is 6.54 Å². The Kier molecular flexibility index (Phi) is 8.33. The van der Waals surface area contributed by atoms with Crippen molar-refractivity contribution in [2.24, 2.45) is 5.41 Å². The Labute approximate surface area is 205 Å². The molecule has 1 aliphatic rings. The molecule has 1 aromatic heterocycles. The summed E-state index contributed by atoms with van der Waals surface area (Å²) in [5.74, 6) is 0.257. The molecule has 1 saturated heterocycles. The number of likely N-dealkylation sites (tertiary alicyclic amines) is 1. The standard InChI is InChI=1S/C25H36N4O4S/c1-15(2)33-20-12-17(21-16(3)27-14-34-21)9-10-18(20)13-26-23(30)19-8-7-11-29(19)24(31)22(28-32)25(4,5)6/h9-10,12,14-15,19,22,28,32H,7-8,11,13H2,1-6H3,(H,26,30)/t19-,22+/m0/s1. The lowest BCUT2D eigenvalue weighted by Gasteiger charge is -2.34. The molecule has 1 fully saturated rings. The second-order valence-corrected chi connectivity index (χ2v) is 10.9. The molecule has 34 heavy (non-hydrogen) atoms. The molecule has 3 rings (SSSR count). The summed E-state index contributed by atoms with van der Waals surface area (Å²) in [6.45, 7) is 12.3. The summed E-state index contributed by atoms with van der Waals surface area (Å²) in [7, 11) is 0. The highest BCUT2D eigenvalue weighted by molar-refractivity contribution is 7.13. The van der Waals surface area contributed by atoms with Gasteiger partial charge in [0.1, 0.15) is 17.8 Å². The fourth-order valence-corrected chi connectivity index (χ4v) is 4.98. The number of rotatable bonds is 8. The maximum Gasteiger partial charge on any atom is 0.243 e. The predicted molar refractivity (Wildman–Crippen MR) is 133 cm³/mol. The molecular weight excluding hydrogens is 452 g/mol. The topological polar surface area (TPSA) is 104 Å². The summed E-state index contributed by atoms with van der Waals surface area (Å²) in [4.78, 5) is 33.2. The maximum atomic E-state index is 13.1. The Morgan fingerprint density at radius 1 is 1.32 bits per heavy atom. The number of nitrogens with one attached hydrogen (secondary N) is 2. The molecule has 8 nitrogen and oxygen atoms in total. The summed E-state index contributed by atoms with van der Waals surface area (Å²) in [5, 5.41) is 12.6. The van der Waals surface area contributed by atoms with Crippen LogP contribution in [0, 0.1) is 12.3 Å².